The van der Waals surface area contributed by atoms with Crippen molar-refractivity contribution in [1.29, 1.82) is 0 Å². The van der Waals surface area contributed by atoms with Gasteiger partial charge in [0.05, 0.1) is 0 Å². The summed E-state index contributed by atoms with van der Waals surface area (Å²) < 4.78 is 0. The van der Waals surface area contributed by atoms with Gasteiger partial charge in [-0.25, -0.2) is 9.78 Å². The zero-order valence-electron chi connectivity index (χ0n) is 7.35. The highest BCUT2D eigenvalue weighted by molar-refractivity contribution is 7.14. The summed E-state index contributed by atoms with van der Waals surface area (Å²) in [5, 5.41) is 15.1. The number of nitrogens with zero attached hydrogens (tertiary/aromatic N) is 1. The second-order valence-electron chi connectivity index (χ2n) is 2.81. The molecule has 0 amide bonds. The minimum Gasteiger partial charge on any atom is -0.476 e. The molecule has 1 N–H and O–H groups in total. The summed E-state index contributed by atoms with van der Waals surface area (Å²) in [5.74, 6) is -0.972. The number of aromatic carboxylic acids is 1. The Morgan fingerprint density at radius 3 is 2.71 bits per heavy atom. The molecule has 2 heterocycles. The van der Waals surface area contributed by atoms with E-state index in [0.717, 1.165) is 16.1 Å². The summed E-state index contributed by atoms with van der Waals surface area (Å²) in [6.07, 6.45) is 0. The molecular formula is C9H7NO2S2. The van der Waals surface area contributed by atoms with Gasteiger partial charge in [0.2, 0.25) is 0 Å². The number of rotatable bonds is 2. The third kappa shape index (κ3) is 1.56. The molecule has 0 bridgehead atoms. The molecule has 0 aliphatic carbocycles. The smallest absolute Gasteiger partial charge is 0.355 e. The zero-order valence-corrected chi connectivity index (χ0v) is 8.98. The SMILES string of the molecule is Cc1cscc1-c1nc(C(=O)O)cs1. The summed E-state index contributed by atoms with van der Waals surface area (Å²) in [4.78, 5) is 14.7. The molecule has 2 rings (SSSR count). The van der Waals surface area contributed by atoms with Gasteiger partial charge in [0.25, 0.3) is 0 Å². The highest BCUT2D eigenvalue weighted by Crippen LogP contribution is 2.29. The van der Waals surface area contributed by atoms with Crippen LogP contribution < -0.4 is 0 Å². The van der Waals surface area contributed by atoms with E-state index in [1.807, 2.05) is 17.7 Å². The largest absolute Gasteiger partial charge is 0.476 e. The fourth-order valence-electron chi connectivity index (χ4n) is 1.08. The quantitative estimate of drug-likeness (QED) is 0.855. The van der Waals surface area contributed by atoms with Gasteiger partial charge in [-0.3, -0.25) is 0 Å². The number of carboxylic acids is 1. The first-order valence-electron chi connectivity index (χ1n) is 3.90. The van der Waals surface area contributed by atoms with Gasteiger partial charge in [0, 0.05) is 16.3 Å². The van der Waals surface area contributed by atoms with E-state index in [4.69, 9.17) is 5.11 Å². The Hall–Kier alpha value is -1.20. The van der Waals surface area contributed by atoms with Crippen molar-refractivity contribution in [1.82, 2.24) is 4.98 Å². The number of carbonyl (C=O) groups is 1. The van der Waals surface area contributed by atoms with Crippen LogP contribution in [-0.4, -0.2) is 16.1 Å². The maximum Gasteiger partial charge on any atom is 0.355 e. The average molecular weight is 225 g/mol. The average Bonchev–Trinajstić information content (AvgIpc) is 2.71. The molecule has 0 saturated carbocycles. The predicted octanol–water partition coefficient (Wildman–Crippen LogP) is 2.88. The molecule has 14 heavy (non-hydrogen) atoms. The lowest BCUT2D eigenvalue weighted by Crippen LogP contribution is -1.95. The highest BCUT2D eigenvalue weighted by atomic mass is 32.1. The van der Waals surface area contributed by atoms with E-state index in [2.05, 4.69) is 4.98 Å². The first kappa shape index (κ1) is 9.36. The van der Waals surface area contributed by atoms with Crippen molar-refractivity contribution in [2.24, 2.45) is 0 Å². The minimum atomic E-state index is -0.972. The van der Waals surface area contributed by atoms with Gasteiger partial charge in [0.1, 0.15) is 5.01 Å². The molecule has 0 aromatic carbocycles. The van der Waals surface area contributed by atoms with E-state index < -0.39 is 5.97 Å². The highest BCUT2D eigenvalue weighted by Gasteiger charge is 2.11. The number of aromatic nitrogens is 1. The predicted molar refractivity (Wildman–Crippen MR) is 57.1 cm³/mol. The van der Waals surface area contributed by atoms with Crippen LogP contribution in [0.4, 0.5) is 0 Å². The normalized spacial score (nSPS) is 10.4. The van der Waals surface area contributed by atoms with Crippen LogP contribution in [0.3, 0.4) is 0 Å². The number of hydrogen-bond donors (Lipinski definition) is 1. The number of thiophene rings is 1. The van der Waals surface area contributed by atoms with Crippen LogP contribution >= 0.6 is 22.7 Å². The van der Waals surface area contributed by atoms with Crippen molar-refractivity contribution in [3.05, 3.63) is 27.4 Å². The molecule has 5 heteroatoms. The van der Waals surface area contributed by atoms with Crippen LogP contribution in [-0.2, 0) is 0 Å². The van der Waals surface area contributed by atoms with Crippen molar-refractivity contribution < 1.29 is 9.90 Å². The Morgan fingerprint density at radius 2 is 2.21 bits per heavy atom. The van der Waals surface area contributed by atoms with Gasteiger partial charge < -0.3 is 5.11 Å². The summed E-state index contributed by atoms with van der Waals surface area (Å²) in [6, 6.07) is 0. The van der Waals surface area contributed by atoms with Crippen LogP contribution in [0.25, 0.3) is 10.6 Å². The number of hydrogen-bond acceptors (Lipinski definition) is 4. The Balaban J connectivity index is 2.43. The summed E-state index contributed by atoms with van der Waals surface area (Å²) in [5.41, 5.74) is 2.30. The number of thiazole rings is 1. The lowest BCUT2D eigenvalue weighted by molar-refractivity contribution is 0.0691. The lowest BCUT2D eigenvalue weighted by atomic mass is 10.2. The molecule has 72 valence electrons. The standard InChI is InChI=1S/C9H7NO2S2/c1-5-2-13-3-6(5)8-10-7(4-14-8)9(11)12/h2-4H,1H3,(H,11,12). The van der Waals surface area contributed by atoms with Crippen LogP contribution in [0.2, 0.25) is 0 Å². The lowest BCUT2D eigenvalue weighted by Gasteiger charge is -1.91. The van der Waals surface area contributed by atoms with E-state index in [-0.39, 0.29) is 5.69 Å². The second-order valence-corrected chi connectivity index (χ2v) is 4.41. The molecule has 0 spiro atoms. The van der Waals surface area contributed by atoms with Gasteiger partial charge in [0.15, 0.2) is 5.69 Å². The topological polar surface area (TPSA) is 50.2 Å². The molecule has 0 fully saturated rings. The van der Waals surface area contributed by atoms with Gasteiger partial charge >= 0.3 is 5.97 Å². The van der Waals surface area contributed by atoms with Crippen molar-refractivity contribution in [3.8, 4) is 10.6 Å². The van der Waals surface area contributed by atoms with Crippen LogP contribution in [0, 0.1) is 6.92 Å². The van der Waals surface area contributed by atoms with Crippen molar-refractivity contribution in [2.75, 3.05) is 0 Å². The van der Waals surface area contributed by atoms with Gasteiger partial charge in [-0.05, 0) is 17.9 Å². The zero-order chi connectivity index (χ0) is 10.1. The molecule has 2 aromatic rings. The Bertz CT molecular complexity index is 473. The summed E-state index contributed by atoms with van der Waals surface area (Å²) in [7, 11) is 0. The maximum absolute atomic E-state index is 10.6. The monoisotopic (exact) mass is 225 g/mol. The molecular weight excluding hydrogens is 218 g/mol. The third-order valence-electron chi connectivity index (χ3n) is 1.81. The van der Waals surface area contributed by atoms with Gasteiger partial charge in [-0.1, -0.05) is 0 Å². The maximum atomic E-state index is 10.6. The summed E-state index contributed by atoms with van der Waals surface area (Å²) >= 11 is 2.96. The van der Waals surface area contributed by atoms with Crippen molar-refractivity contribution in [3.63, 3.8) is 0 Å². The number of carboxylic acid groups (broad SMARTS) is 1. The molecule has 0 radical (unpaired) electrons. The molecule has 0 aliphatic heterocycles. The molecule has 3 nitrogen and oxygen atoms in total. The Labute approximate surface area is 88.7 Å². The molecule has 0 aliphatic rings. The Morgan fingerprint density at radius 1 is 1.43 bits per heavy atom. The van der Waals surface area contributed by atoms with Crippen LogP contribution in [0.1, 0.15) is 16.1 Å². The molecule has 0 unspecified atom stereocenters. The molecule has 0 atom stereocenters. The summed E-state index contributed by atoms with van der Waals surface area (Å²) in [6.45, 7) is 1.99. The van der Waals surface area contributed by atoms with Crippen LogP contribution in [0.15, 0.2) is 16.1 Å². The van der Waals surface area contributed by atoms with Crippen molar-refractivity contribution >= 4 is 28.6 Å². The number of aryl methyl sites for hydroxylation is 1. The third-order valence-corrected chi connectivity index (χ3v) is 3.55. The second kappa shape index (κ2) is 3.51. The van der Waals surface area contributed by atoms with E-state index in [1.165, 1.54) is 11.3 Å². The van der Waals surface area contributed by atoms with Crippen molar-refractivity contribution in [2.45, 2.75) is 6.92 Å². The van der Waals surface area contributed by atoms with E-state index >= 15 is 0 Å². The van der Waals surface area contributed by atoms with E-state index in [9.17, 15) is 4.79 Å². The first-order chi connectivity index (χ1) is 6.68. The van der Waals surface area contributed by atoms with E-state index in [1.54, 1.807) is 16.7 Å². The van der Waals surface area contributed by atoms with Gasteiger partial charge in [-0.2, -0.15) is 11.3 Å². The minimum absolute atomic E-state index is 0.121. The fraction of sp³-hybridized carbons (Fsp3) is 0.111. The van der Waals surface area contributed by atoms with Gasteiger partial charge in [-0.15, -0.1) is 11.3 Å². The van der Waals surface area contributed by atoms with Crippen LogP contribution in [0.5, 0.6) is 0 Å². The fourth-order valence-corrected chi connectivity index (χ4v) is 2.86. The Kier molecular flexibility index (Phi) is 2.35. The molecule has 0 saturated heterocycles. The molecule has 2 aromatic heterocycles. The van der Waals surface area contributed by atoms with E-state index in [0.29, 0.717) is 0 Å². The first-order valence-corrected chi connectivity index (χ1v) is 5.72.